The molecule has 134 valence electrons. The fourth-order valence-corrected chi connectivity index (χ4v) is 3.55. The van der Waals surface area contributed by atoms with Gasteiger partial charge in [-0.3, -0.25) is 4.79 Å². The van der Waals surface area contributed by atoms with E-state index in [1.165, 1.54) is 0 Å². The van der Waals surface area contributed by atoms with Crippen LogP contribution in [-0.2, 0) is 11.2 Å². The van der Waals surface area contributed by atoms with Crippen molar-refractivity contribution < 1.29 is 9.32 Å². The minimum atomic E-state index is 0.192. The summed E-state index contributed by atoms with van der Waals surface area (Å²) in [6.45, 7) is 2.11. The minimum Gasteiger partial charge on any atom is -0.356 e. The number of aryl methyl sites for hydroxylation is 1. The number of hydrogen-bond donors (Lipinski definition) is 0. The normalized spacial score (nSPS) is 16.1. The lowest BCUT2D eigenvalue weighted by molar-refractivity contribution is -0.132. The Morgan fingerprint density at radius 2 is 2.00 bits per heavy atom. The standard InChI is InChI=1S/C19H24BrN3O2/c1-22-11-9-17(10-12-22)23(2)18(24)8-5-15-13-21-25-19(15)14-3-6-16(20)7-4-14/h3-4,6-7,13,17H,5,8-12H2,1-2H3. The first-order valence-corrected chi connectivity index (χ1v) is 9.47. The summed E-state index contributed by atoms with van der Waals surface area (Å²) in [4.78, 5) is 16.8. The van der Waals surface area contributed by atoms with Crippen molar-refractivity contribution in [1.29, 1.82) is 0 Å². The number of carbonyl (C=O) groups is 1. The molecule has 0 radical (unpaired) electrons. The van der Waals surface area contributed by atoms with E-state index < -0.39 is 0 Å². The fourth-order valence-electron chi connectivity index (χ4n) is 3.28. The van der Waals surface area contributed by atoms with Crippen LogP contribution in [0.5, 0.6) is 0 Å². The monoisotopic (exact) mass is 405 g/mol. The second-order valence-corrected chi connectivity index (χ2v) is 7.64. The molecule has 5 nitrogen and oxygen atoms in total. The number of aromatic nitrogens is 1. The van der Waals surface area contributed by atoms with Gasteiger partial charge in [-0.05, 0) is 51.5 Å². The smallest absolute Gasteiger partial charge is 0.222 e. The number of benzene rings is 1. The lowest BCUT2D eigenvalue weighted by atomic mass is 10.0. The van der Waals surface area contributed by atoms with Gasteiger partial charge in [-0.25, -0.2) is 0 Å². The third-order valence-corrected chi connectivity index (χ3v) is 5.52. The SMILES string of the molecule is CN1CCC(N(C)C(=O)CCc2cnoc2-c2ccc(Br)cc2)CC1. The van der Waals surface area contributed by atoms with Crippen LogP contribution in [0.3, 0.4) is 0 Å². The fraction of sp³-hybridized carbons (Fsp3) is 0.474. The summed E-state index contributed by atoms with van der Waals surface area (Å²) in [5.74, 6) is 0.944. The van der Waals surface area contributed by atoms with Crippen molar-refractivity contribution in [2.45, 2.75) is 31.7 Å². The highest BCUT2D eigenvalue weighted by Gasteiger charge is 2.24. The molecule has 2 heterocycles. The number of carbonyl (C=O) groups excluding carboxylic acids is 1. The summed E-state index contributed by atoms with van der Waals surface area (Å²) >= 11 is 3.44. The first-order chi connectivity index (χ1) is 12.0. The Kier molecular flexibility index (Phi) is 5.91. The number of hydrogen-bond acceptors (Lipinski definition) is 4. The number of piperidine rings is 1. The first kappa shape index (κ1) is 18.1. The molecule has 1 fully saturated rings. The van der Waals surface area contributed by atoms with E-state index in [-0.39, 0.29) is 5.91 Å². The molecule has 0 saturated carbocycles. The Bertz CT molecular complexity index is 706. The summed E-state index contributed by atoms with van der Waals surface area (Å²) < 4.78 is 6.44. The predicted octanol–water partition coefficient (Wildman–Crippen LogP) is 3.59. The van der Waals surface area contributed by atoms with Crippen LogP contribution < -0.4 is 0 Å². The number of likely N-dealkylation sites (tertiary alicyclic amines) is 1. The summed E-state index contributed by atoms with van der Waals surface area (Å²) in [7, 11) is 4.06. The van der Waals surface area contributed by atoms with Gasteiger partial charge in [0.25, 0.3) is 0 Å². The molecular formula is C19H24BrN3O2. The third kappa shape index (κ3) is 4.50. The lowest BCUT2D eigenvalue weighted by Gasteiger charge is -2.35. The maximum Gasteiger partial charge on any atom is 0.222 e. The molecule has 1 aliphatic heterocycles. The first-order valence-electron chi connectivity index (χ1n) is 8.68. The van der Waals surface area contributed by atoms with Gasteiger partial charge in [0.1, 0.15) is 0 Å². The van der Waals surface area contributed by atoms with Gasteiger partial charge in [0, 0.05) is 35.1 Å². The van der Waals surface area contributed by atoms with Crippen LogP contribution in [0, 0.1) is 0 Å². The van der Waals surface area contributed by atoms with Crippen molar-refractivity contribution in [2.75, 3.05) is 27.2 Å². The quantitative estimate of drug-likeness (QED) is 0.762. The molecule has 3 rings (SSSR count). The van der Waals surface area contributed by atoms with Crippen molar-refractivity contribution >= 4 is 21.8 Å². The molecule has 1 saturated heterocycles. The van der Waals surface area contributed by atoms with E-state index in [0.717, 1.165) is 47.3 Å². The van der Waals surface area contributed by atoms with Gasteiger partial charge in [-0.2, -0.15) is 0 Å². The molecule has 0 aliphatic carbocycles. The number of nitrogens with zero attached hydrogens (tertiary/aromatic N) is 3. The van der Waals surface area contributed by atoms with Crippen molar-refractivity contribution in [3.63, 3.8) is 0 Å². The summed E-state index contributed by atoms with van der Waals surface area (Å²) in [5, 5.41) is 3.92. The average Bonchev–Trinajstić information content (AvgIpc) is 3.09. The number of halogens is 1. The van der Waals surface area contributed by atoms with E-state index in [1.807, 2.05) is 36.2 Å². The summed E-state index contributed by atoms with van der Waals surface area (Å²) in [6, 6.07) is 8.28. The third-order valence-electron chi connectivity index (χ3n) is 4.99. The topological polar surface area (TPSA) is 49.6 Å². The summed E-state index contributed by atoms with van der Waals surface area (Å²) in [6.07, 6.45) is 4.95. The molecule has 0 N–H and O–H groups in total. The largest absolute Gasteiger partial charge is 0.356 e. The Labute approximate surface area is 157 Å². The molecule has 1 aliphatic rings. The summed E-state index contributed by atoms with van der Waals surface area (Å²) in [5.41, 5.74) is 1.96. The highest BCUT2D eigenvalue weighted by Crippen LogP contribution is 2.26. The van der Waals surface area contributed by atoms with Crippen LogP contribution >= 0.6 is 15.9 Å². The van der Waals surface area contributed by atoms with Gasteiger partial charge in [0.05, 0.1) is 6.20 Å². The van der Waals surface area contributed by atoms with Gasteiger partial charge < -0.3 is 14.3 Å². The molecule has 0 bridgehead atoms. The molecule has 0 unspecified atom stereocenters. The average molecular weight is 406 g/mol. The Morgan fingerprint density at radius 1 is 1.32 bits per heavy atom. The second-order valence-electron chi connectivity index (χ2n) is 6.73. The van der Waals surface area contributed by atoms with Crippen molar-refractivity contribution in [2.24, 2.45) is 0 Å². The maximum absolute atomic E-state index is 12.6. The Balaban J connectivity index is 1.59. The molecule has 6 heteroatoms. The number of amides is 1. The van der Waals surface area contributed by atoms with Gasteiger partial charge >= 0.3 is 0 Å². The van der Waals surface area contributed by atoms with Crippen LogP contribution in [0.15, 0.2) is 39.5 Å². The van der Waals surface area contributed by atoms with Crippen molar-refractivity contribution in [1.82, 2.24) is 15.0 Å². The molecule has 2 aromatic rings. The molecule has 0 spiro atoms. The van der Waals surface area contributed by atoms with E-state index in [1.54, 1.807) is 6.20 Å². The van der Waals surface area contributed by atoms with E-state index in [4.69, 9.17) is 4.52 Å². The highest BCUT2D eigenvalue weighted by atomic mass is 79.9. The highest BCUT2D eigenvalue weighted by molar-refractivity contribution is 9.10. The van der Waals surface area contributed by atoms with Crippen molar-refractivity contribution in [3.8, 4) is 11.3 Å². The minimum absolute atomic E-state index is 0.192. The molecule has 1 aromatic heterocycles. The zero-order valence-electron chi connectivity index (χ0n) is 14.7. The molecule has 1 aromatic carbocycles. The van der Waals surface area contributed by atoms with Crippen LogP contribution in [-0.4, -0.2) is 54.1 Å². The van der Waals surface area contributed by atoms with Crippen LogP contribution in [0.1, 0.15) is 24.8 Å². The van der Waals surface area contributed by atoms with Gasteiger partial charge in [-0.1, -0.05) is 33.2 Å². The zero-order valence-corrected chi connectivity index (χ0v) is 16.3. The second kappa shape index (κ2) is 8.15. The van der Waals surface area contributed by atoms with E-state index in [9.17, 15) is 4.79 Å². The lowest BCUT2D eigenvalue weighted by Crippen LogP contribution is -2.44. The molecular weight excluding hydrogens is 382 g/mol. The molecule has 1 amide bonds. The van der Waals surface area contributed by atoms with Crippen LogP contribution in [0.2, 0.25) is 0 Å². The maximum atomic E-state index is 12.6. The number of rotatable bonds is 5. The van der Waals surface area contributed by atoms with Crippen molar-refractivity contribution in [3.05, 3.63) is 40.5 Å². The zero-order chi connectivity index (χ0) is 17.8. The van der Waals surface area contributed by atoms with E-state index in [2.05, 4.69) is 33.0 Å². The van der Waals surface area contributed by atoms with Crippen LogP contribution in [0.4, 0.5) is 0 Å². The van der Waals surface area contributed by atoms with Gasteiger partial charge in [-0.15, -0.1) is 0 Å². The van der Waals surface area contributed by atoms with E-state index in [0.29, 0.717) is 18.9 Å². The molecule has 25 heavy (non-hydrogen) atoms. The predicted molar refractivity (Wildman–Crippen MR) is 101 cm³/mol. The molecule has 0 atom stereocenters. The van der Waals surface area contributed by atoms with Gasteiger partial charge in [0.2, 0.25) is 5.91 Å². The van der Waals surface area contributed by atoms with Gasteiger partial charge in [0.15, 0.2) is 5.76 Å². The Hall–Kier alpha value is -1.66. The van der Waals surface area contributed by atoms with E-state index >= 15 is 0 Å². The van der Waals surface area contributed by atoms with Crippen LogP contribution in [0.25, 0.3) is 11.3 Å². The Morgan fingerprint density at radius 3 is 2.68 bits per heavy atom.